The van der Waals surface area contributed by atoms with E-state index in [0.717, 1.165) is 81.7 Å². The number of aromatic nitrogens is 2. The summed E-state index contributed by atoms with van der Waals surface area (Å²) in [5, 5.41) is 3.06. The molecule has 0 spiro atoms. The minimum atomic E-state index is 0.136. The van der Waals surface area contributed by atoms with E-state index in [-0.39, 0.29) is 5.91 Å². The van der Waals surface area contributed by atoms with Gasteiger partial charge in [-0.2, -0.15) is 0 Å². The maximum atomic E-state index is 12.1. The Balaban J connectivity index is 1.16. The van der Waals surface area contributed by atoms with Crippen molar-refractivity contribution in [1.82, 2.24) is 14.9 Å². The maximum Gasteiger partial charge on any atom is 0.220 e. The first-order chi connectivity index (χ1) is 17.8. The minimum absolute atomic E-state index is 0.136. The molecule has 0 radical (unpaired) electrons. The van der Waals surface area contributed by atoms with Gasteiger partial charge in [0.05, 0.1) is 17.6 Å². The summed E-state index contributed by atoms with van der Waals surface area (Å²) in [4.78, 5) is 17.0. The average Bonchev–Trinajstić information content (AvgIpc) is 3.27. The zero-order chi connectivity index (χ0) is 24.8. The van der Waals surface area contributed by atoms with E-state index < -0.39 is 0 Å². The van der Waals surface area contributed by atoms with Crippen molar-refractivity contribution < 1.29 is 9.53 Å². The molecule has 5 nitrogen and oxygen atoms in total. The van der Waals surface area contributed by atoms with Crippen LogP contribution < -0.4 is 10.1 Å². The molecule has 0 aliphatic heterocycles. The molecule has 4 aromatic rings. The summed E-state index contributed by atoms with van der Waals surface area (Å²) >= 11 is 0. The van der Waals surface area contributed by atoms with Crippen LogP contribution in [0.25, 0.3) is 11.0 Å². The van der Waals surface area contributed by atoms with Crippen molar-refractivity contribution in [3.63, 3.8) is 0 Å². The van der Waals surface area contributed by atoms with Gasteiger partial charge in [0, 0.05) is 25.9 Å². The molecule has 1 aromatic heterocycles. The third kappa shape index (κ3) is 7.98. The largest absolute Gasteiger partial charge is 0.494 e. The summed E-state index contributed by atoms with van der Waals surface area (Å²) < 4.78 is 8.22. The van der Waals surface area contributed by atoms with Crippen molar-refractivity contribution in [3.05, 3.63) is 96.3 Å². The van der Waals surface area contributed by atoms with Gasteiger partial charge in [-0.1, -0.05) is 67.1 Å². The summed E-state index contributed by atoms with van der Waals surface area (Å²) in [6, 6.07) is 28.6. The number of nitrogens with one attached hydrogen (secondary N) is 1. The van der Waals surface area contributed by atoms with Gasteiger partial charge in [0.25, 0.3) is 0 Å². The van der Waals surface area contributed by atoms with E-state index in [9.17, 15) is 4.79 Å². The second kappa shape index (κ2) is 14.1. The molecule has 0 aliphatic carbocycles. The number of fused-ring (bicyclic) bond motifs is 1. The Labute approximate surface area is 214 Å². The number of imidazole rings is 1. The number of ether oxygens (including phenoxy) is 1. The highest BCUT2D eigenvalue weighted by Gasteiger charge is 2.10. The fourth-order valence-electron chi connectivity index (χ4n) is 4.45. The molecule has 4 rings (SSSR count). The van der Waals surface area contributed by atoms with Crippen molar-refractivity contribution in [1.29, 1.82) is 0 Å². The van der Waals surface area contributed by atoms with Crippen molar-refractivity contribution in [2.45, 2.75) is 57.9 Å². The van der Waals surface area contributed by atoms with E-state index in [4.69, 9.17) is 9.72 Å². The Kier molecular flexibility index (Phi) is 9.97. The number of carbonyl (C=O) groups excluding carboxylic acids is 1. The third-order valence-corrected chi connectivity index (χ3v) is 6.40. The number of rotatable bonds is 15. The van der Waals surface area contributed by atoms with Crippen LogP contribution in [-0.2, 0) is 24.2 Å². The lowest BCUT2D eigenvalue weighted by Crippen LogP contribution is -2.24. The van der Waals surface area contributed by atoms with Gasteiger partial charge in [-0.05, 0) is 61.9 Å². The first-order valence-corrected chi connectivity index (χ1v) is 13.2. The molecule has 36 heavy (non-hydrogen) atoms. The smallest absolute Gasteiger partial charge is 0.220 e. The minimum Gasteiger partial charge on any atom is -0.494 e. The van der Waals surface area contributed by atoms with Crippen molar-refractivity contribution >= 4 is 16.9 Å². The van der Waals surface area contributed by atoms with Crippen LogP contribution in [-0.4, -0.2) is 28.6 Å². The van der Waals surface area contributed by atoms with Crippen molar-refractivity contribution in [2.24, 2.45) is 0 Å². The molecule has 3 aromatic carbocycles. The zero-order valence-corrected chi connectivity index (χ0v) is 21.1. The van der Waals surface area contributed by atoms with Crippen LogP contribution in [0.3, 0.4) is 0 Å². The Morgan fingerprint density at radius 1 is 0.778 bits per heavy atom. The molecule has 0 unspecified atom stereocenters. The highest BCUT2D eigenvalue weighted by molar-refractivity contribution is 5.76. The Morgan fingerprint density at radius 3 is 2.36 bits per heavy atom. The quantitative estimate of drug-likeness (QED) is 0.200. The van der Waals surface area contributed by atoms with Gasteiger partial charge in [0.1, 0.15) is 11.6 Å². The standard InChI is InChI=1S/C31H37N3O2/c35-31(22-21-26-14-4-1-5-15-26)32-23-11-3-8-20-30-33-28-18-9-10-19-29(28)34(30)24-12-13-25-36-27-16-6-2-7-17-27/h1-2,4-7,9-10,14-19H,3,8,11-13,20-25H2,(H,32,35). The third-order valence-electron chi connectivity index (χ3n) is 6.40. The lowest BCUT2D eigenvalue weighted by Gasteiger charge is -2.10. The Bertz CT molecular complexity index is 1190. The van der Waals surface area contributed by atoms with Crippen LogP contribution in [0.15, 0.2) is 84.9 Å². The molecule has 0 aliphatic rings. The Hall–Kier alpha value is -3.60. The second-order valence-corrected chi connectivity index (χ2v) is 9.18. The number of para-hydroxylation sites is 3. The number of unbranched alkanes of at least 4 members (excludes halogenated alkanes) is 3. The monoisotopic (exact) mass is 483 g/mol. The average molecular weight is 484 g/mol. The van der Waals surface area contributed by atoms with Gasteiger partial charge in [0.15, 0.2) is 0 Å². The van der Waals surface area contributed by atoms with Crippen molar-refractivity contribution in [2.75, 3.05) is 13.2 Å². The molecule has 0 saturated heterocycles. The van der Waals surface area contributed by atoms with E-state index in [1.54, 1.807) is 0 Å². The van der Waals surface area contributed by atoms with Crippen LogP contribution in [0, 0.1) is 0 Å². The van der Waals surface area contributed by atoms with Crippen molar-refractivity contribution in [3.8, 4) is 5.75 Å². The van der Waals surface area contributed by atoms with Gasteiger partial charge >= 0.3 is 0 Å². The number of amides is 1. The summed E-state index contributed by atoms with van der Waals surface area (Å²) in [5.74, 6) is 2.22. The Morgan fingerprint density at radius 2 is 1.53 bits per heavy atom. The first-order valence-electron chi connectivity index (χ1n) is 13.2. The number of aryl methyl sites for hydroxylation is 3. The van der Waals surface area contributed by atoms with Gasteiger partial charge in [0.2, 0.25) is 5.91 Å². The predicted octanol–water partition coefficient (Wildman–Crippen LogP) is 6.36. The summed E-state index contributed by atoms with van der Waals surface area (Å²) in [6.45, 7) is 2.42. The maximum absolute atomic E-state index is 12.1. The highest BCUT2D eigenvalue weighted by Crippen LogP contribution is 2.19. The molecule has 1 N–H and O–H groups in total. The molecule has 0 fully saturated rings. The molecular formula is C31H37N3O2. The lowest BCUT2D eigenvalue weighted by molar-refractivity contribution is -0.121. The molecule has 0 atom stereocenters. The van der Waals surface area contributed by atoms with E-state index in [0.29, 0.717) is 6.42 Å². The fraction of sp³-hybridized carbons (Fsp3) is 0.355. The number of nitrogens with zero attached hydrogens (tertiary/aromatic N) is 2. The first kappa shape index (κ1) is 25.5. The molecule has 5 heteroatoms. The summed E-state index contributed by atoms with van der Waals surface area (Å²) in [5.41, 5.74) is 3.49. The predicted molar refractivity (Wildman–Crippen MR) is 146 cm³/mol. The molecule has 1 amide bonds. The van der Waals surface area contributed by atoms with E-state index in [1.165, 1.54) is 11.1 Å². The van der Waals surface area contributed by atoms with E-state index in [1.807, 2.05) is 48.5 Å². The van der Waals surface area contributed by atoms with Gasteiger partial charge in [-0.15, -0.1) is 0 Å². The molecule has 0 saturated carbocycles. The summed E-state index contributed by atoms with van der Waals surface area (Å²) in [6.07, 6.45) is 7.49. The molecular weight excluding hydrogens is 446 g/mol. The number of carbonyl (C=O) groups is 1. The summed E-state index contributed by atoms with van der Waals surface area (Å²) in [7, 11) is 0. The van der Waals surface area contributed by atoms with Crippen LogP contribution in [0.4, 0.5) is 0 Å². The van der Waals surface area contributed by atoms with Crippen LogP contribution in [0.2, 0.25) is 0 Å². The topological polar surface area (TPSA) is 56.2 Å². The SMILES string of the molecule is O=C(CCc1ccccc1)NCCCCCc1nc2ccccc2n1CCCCOc1ccccc1. The van der Waals surface area contributed by atoms with E-state index in [2.05, 4.69) is 46.3 Å². The van der Waals surface area contributed by atoms with Gasteiger partial charge in [-0.25, -0.2) is 4.98 Å². The lowest BCUT2D eigenvalue weighted by atomic mass is 10.1. The van der Waals surface area contributed by atoms with Gasteiger partial charge < -0.3 is 14.6 Å². The highest BCUT2D eigenvalue weighted by atomic mass is 16.5. The molecule has 188 valence electrons. The number of benzene rings is 3. The molecule has 0 bridgehead atoms. The zero-order valence-electron chi connectivity index (χ0n) is 21.1. The van der Waals surface area contributed by atoms with E-state index >= 15 is 0 Å². The number of hydrogen-bond acceptors (Lipinski definition) is 3. The second-order valence-electron chi connectivity index (χ2n) is 9.18. The molecule has 1 heterocycles. The van der Waals surface area contributed by atoms with Gasteiger partial charge in [-0.3, -0.25) is 4.79 Å². The van der Waals surface area contributed by atoms with Crippen LogP contribution in [0.1, 0.15) is 49.9 Å². The van der Waals surface area contributed by atoms with Crippen LogP contribution in [0.5, 0.6) is 5.75 Å². The number of hydrogen-bond donors (Lipinski definition) is 1. The van der Waals surface area contributed by atoms with Crippen LogP contribution >= 0.6 is 0 Å². The fourth-order valence-corrected chi connectivity index (χ4v) is 4.45. The normalized spacial score (nSPS) is 11.0.